The van der Waals surface area contributed by atoms with Crippen LogP contribution in [0, 0.1) is 6.92 Å². The van der Waals surface area contributed by atoms with Gasteiger partial charge in [0.25, 0.3) is 0 Å². The molecule has 0 radical (unpaired) electrons. The summed E-state index contributed by atoms with van der Waals surface area (Å²) in [5, 5.41) is 4.17. The molecule has 0 spiro atoms. The van der Waals surface area contributed by atoms with E-state index in [1.807, 2.05) is 25.2 Å². The lowest BCUT2D eigenvalue weighted by atomic mass is 9.98. The topological polar surface area (TPSA) is 12.0 Å². The Morgan fingerprint density at radius 2 is 1.83 bits per heavy atom. The van der Waals surface area contributed by atoms with E-state index in [4.69, 9.17) is 11.6 Å². The summed E-state index contributed by atoms with van der Waals surface area (Å²) in [6.45, 7) is 2.07. The molecule has 0 saturated heterocycles. The molecular weight excluding hydrogens is 242 g/mol. The third-order valence-corrected chi connectivity index (χ3v) is 3.32. The Balaban J connectivity index is 2.23. The van der Waals surface area contributed by atoms with Gasteiger partial charge in [0.15, 0.2) is 0 Å². The molecule has 0 fully saturated rings. The van der Waals surface area contributed by atoms with Gasteiger partial charge in [-0.15, -0.1) is 0 Å². The lowest BCUT2D eigenvalue weighted by Gasteiger charge is -2.17. The van der Waals surface area contributed by atoms with Gasteiger partial charge >= 0.3 is 0 Å². The first-order valence-corrected chi connectivity index (χ1v) is 6.55. The van der Waals surface area contributed by atoms with Crippen molar-refractivity contribution in [3.8, 4) is 0 Å². The molecule has 0 saturated carbocycles. The average molecular weight is 260 g/mol. The predicted octanol–water partition coefficient (Wildman–Crippen LogP) is 4.15. The van der Waals surface area contributed by atoms with Crippen molar-refractivity contribution in [3.63, 3.8) is 0 Å². The van der Waals surface area contributed by atoms with Gasteiger partial charge in [-0.2, -0.15) is 0 Å². The van der Waals surface area contributed by atoms with E-state index < -0.39 is 0 Å². The monoisotopic (exact) mass is 259 g/mol. The maximum atomic E-state index is 6.13. The Bertz CT molecular complexity index is 488. The summed E-state index contributed by atoms with van der Waals surface area (Å²) in [6, 6.07) is 17.0. The van der Waals surface area contributed by atoms with Gasteiger partial charge < -0.3 is 5.32 Å². The molecule has 1 unspecified atom stereocenters. The summed E-state index contributed by atoms with van der Waals surface area (Å²) < 4.78 is 0. The molecule has 0 aliphatic rings. The fourth-order valence-corrected chi connectivity index (χ4v) is 2.50. The van der Waals surface area contributed by atoms with Crippen LogP contribution < -0.4 is 5.32 Å². The van der Waals surface area contributed by atoms with Crippen molar-refractivity contribution in [1.29, 1.82) is 0 Å². The van der Waals surface area contributed by atoms with E-state index in [1.165, 1.54) is 16.7 Å². The van der Waals surface area contributed by atoms with Gasteiger partial charge in [-0.25, -0.2) is 0 Å². The summed E-state index contributed by atoms with van der Waals surface area (Å²) in [4.78, 5) is 0. The number of aryl methyl sites for hydroxylation is 1. The molecule has 2 rings (SSSR count). The molecule has 94 valence electrons. The SMILES string of the molecule is CNC(Cc1ccccc1)c1cc(C)cc(Cl)c1. The molecule has 18 heavy (non-hydrogen) atoms. The van der Waals surface area contributed by atoms with E-state index in [2.05, 4.69) is 42.6 Å². The van der Waals surface area contributed by atoms with E-state index >= 15 is 0 Å². The zero-order chi connectivity index (χ0) is 13.0. The maximum absolute atomic E-state index is 6.13. The molecule has 2 aromatic rings. The normalized spacial score (nSPS) is 12.4. The minimum atomic E-state index is 0.296. The molecule has 2 aromatic carbocycles. The first-order valence-electron chi connectivity index (χ1n) is 6.17. The highest BCUT2D eigenvalue weighted by molar-refractivity contribution is 6.30. The molecule has 0 aliphatic heterocycles. The molecular formula is C16H18ClN. The van der Waals surface area contributed by atoms with Crippen LogP contribution in [0.15, 0.2) is 48.5 Å². The Labute approximate surface area is 114 Å². The van der Waals surface area contributed by atoms with Crippen LogP contribution in [0.4, 0.5) is 0 Å². The Morgan fingerprint density at radius 1 is 1.11 bits per heavy atom. The highest BCUT2D eigenvalue weighted by Crippen LogP contribution is 2.23. The van der Waals surface area contributed by atoms with Gasteiger partial charge in [-0.3, -0.25) is 0 Å². The van der Waals surface area contributed by atoms with Gasteiger partial charge in [0.1, 0.15) is 0 Å². The summed E-state index contributed by atoms with van der Waals surface area (Å²) in [7, 11) is 1.99. The summed E-state index contributed by atoms with van der Waals surface area (Å²) in [5.74, 6) is 0. The largest absolute Gasteiger partial charge is 0.313 e. The summed E-state index contributed by atoms with van der Waals surface area (Å²) in [6.07, 6.45) is 0.969. The van der Waals surface area contributed by atoms with Crippen LogP contribution >= 0.6 is 11.6 Å². The van der Waals surface area contributed by atoms with E-state index in [0.29, 0.717) is 6.04 Å². The van der Waals surface area contributed by atoms with Crippen molar-refractivity contribution in [2.24, 2.45) is 0 Å². The Kier molecular flexibility index (Phi) is 4.40. The highest BCUT2D eigenvalue weighted by Gasteiger charge is 2.11. The summed E-state index contributed by atoms with van der Waals surface area (Å²) >= 11 is 6.13. The zero-order valence-electron chi connectivity index (χ0n) is 10.8. The van der Waals surface area contributed by atoms with Gasteiger partial charge in [0, 0.05) is 11.1 Å². The first kappa shape index (κ1) is 13.1. The Hall–Kier alpha value is -1.31. The van der Waals surface area contributed by atoms with Crippen molar-refractivity contribution < 1.29 is 0 Å². The zero-order valence-corrected chi connectivity index (χ0v) is 11.5. The van der Waals surface area contributed by atoms with E-state index in [0.717, 1.165) is 11.4 Å². The van der Waals surface area contributed by atoms with Crippen molar-refractivity contribution in [2.45, 2.75) is 19.4 Å². The minimum absolute atomic E-state index is 0.296. The van der Waals surface area contributed by atoms with Crippen LogP contribution in [0.1, 0.15) is 22.7 Å². The Morgan fingerprint density at radius 3 is 2.44 bits per heavy atom. The van der Waals surface area contributed by atoms with Crippen LogP contribution in [0.5, 0.6) is 0 Å². The van der Waals surface area contributed by atoms with E-state index in [9.17, 15) is 0 Å². The van der Waals surface area contributed by atoms with Crippen LogP contribution in [0.3, 0.4) is 0 Å². The second-order valence-electron chi connectivity index (χ2n) is 4.59. The number of nitrogens with one attached hydrogen (secondary N) is 1. The third-order valence-electron chi connectivity index (χ3n) is 3.10. The summed E-state index contributed by atoms with van der Waals surface area (Å²) in [5.41, 5.74) is 3.77. The van der Waals surface area contributed by atoms with E-state index in [1.54, 1.807) is 0 Å². The van der Waals surface area contributed by atoms with Gasteiger partial charge in [0.05, 0.1) is 0 Å². The van der Waals surface area contributed by atoms with Crippen LogP contribution in [-0.4, -0.2) is 7.05 Å². The molecule has 0 aromatic heterocycles. The lowest BCUT2D eigenvalue weighted by molar-refractivity contribution is 0.592. The van der Waals surface area contributed by atoms with Gasteiger partial charge in [-0.1, -0.05) is 48.0 Å². The molecule has 1 atom stereocenters. The quantitative estimate of drug-likeness (QED) is 0.870. The molecule has 0 amide bonds. The number of hydrogen-bond acceptors (Lipinski definition) is 1. The van der Waals surface area contributed by atoms with Crippen molar-refractivity contribution in [3.05, 3.63) is 70.2 Å². The minimum Gasteiger partial charge on any atom is -0.313 e. The molecule has 1 N–H and O–H groups in total. The van der Waals surface area contributed by atoms with E-state index in [-0.39, 0.29) is 0 Å². The van der Waals surface area contributed by atoms with Crippen LogP contribution in [0.2, 0.25) is 5.02 Å². The van der Waals surface area contributed by atoms with Crippen molar-refractivity contribution in [2.75, 3.05) is 7.05 Å². The predicted molar refractivity (Wildman–Crippen MR) is 78.1 cm³/mol. The molecule has 1 nitrogen and oxygen atoms in total. The molecule has 0 bridgehead atoms. The lowest BCUT2D eigenvalue weighted by Crippen LogP contribution is -2.18. The molecule has 2 heteroatoms. The fourth-order valence-electron chi connectivity index (χ4n) is 2.20. The number of hydrogen-bond donors (Lipinski definition) is 1. The second kappa shape index (κ2) is 6.03. The second-order valence-corrected chi connectivity index (χ2v) is 5.03. The van der Waals surface area contributed by atoms with Gasteiger partial charge in [-0.05, 0) is 49.2 Å². The molecule has 0 heterocycles. The highest BCUT2D eigenvalue weighted by atomic mass is 35.5. The van der Waals surface area contributed by atoms with Crippen molar-refractivity contribution >= 4 is 11.6 Å². The smallest absolute Gasteiger partial charge is 0.0411 e. The standard InChI is InChI=1S/C16H18ClN/c1-12-8-14(11-15(17)9-12)16(18-2)10-13-6-4-3-5-7-13/h3-9,11,16,18H,10H2,1-2H3. The van der Waals surface area contributed by atoms with Crippen molar-refractivity contribution in [1.82, 2.24) is 5.32 Å². The van der Waals surface area contributed by atoms with Crippen LogP contribution in [0.25, 0.3) is 0 Å². The first-order chi connectivity index (χ1) is 8.69. The number of rotatable bonds is 4. The maximum Gasteiger partial charge on any atom is 0.0411 e. The molecule has 0 aliphatic carbocycles. The third kappa shape index (κ3) is 3.34. The number of likely N-dealkylation sites (N-methyl/N-ethyl adjacent to an activating group) is 1. The fraction of sp³-hybridized carbons (Fsp3) is 0.250. The van der Waals surface area contributed by atoms with Gasteiger partial charge in [0.2, 0.25) is 0 Å². The number of halogens is 1. The van der Waals surface area contributed by atoms with Crippen LogP contribution in [-0.2, 0) is 6.42 Å². The number of benzene rings is 2. The average Bonchev–Trinajstić information content (AvgIpc) is 2.36.